The van der Waals surface area contributed by atoms with Crippen molar-refractivity contribution in [1.82, 2.24) is 0 Å². The molecule has 0 aromatic heterocycles. The van der Waals surface area contributed by atoms with Gasteiger partial charge in [0.15, 0.2) is 11.5 Å². The first kappa shape index (κ1) is 15.2. The molecular formula is C16H16ClNO3. The first-order valence-corrected chi connectivity index (χ1v) is 6.90. The van der Waals surface area contributed by atoms with E-state index in [-0.39, 0.29) is 5.91 Å². The summed E-state index contributed by atoms with van der Waals surface area (Å²) in [4.78, 5) is 12.2. The van der Waals surface area contributed by atoms with Gasteiger partial charge >= 0.3 is 0 Å². The third-order valence-corrected chi connectivity index (χ3v) is 3.17. The highest BCUT2D eigenvalue weighted by molar-refractivity contribution is 6.34. The summed E-state index contributed by atoms with van der Waals surface area (Å²) in [6.07, 6.45) is 0. The third kappa shape index (κ3) is 3.67. The normalized spacial score (nSPS) is 10.0. The van der Waals surface area contributed by atoms with Crippen molar-refractivity contribution in [2.45, 2.75) is 6.92 Å². The molecule has 0 fully saturated rings. The number of benzene rings is 2. The summed E-state index contributed by atoms with van der Waals surface area (Å²) in [5, 5.41) is 3.19. The number of nitrogens with one attached hydrogen (secondary N) is 1. The molecule has 4 nitrogen and oxygen atoms in total. The van der Waals surface area contributed by atoms with Crippen LogP contribution in [0.4, 0.5) is 5.69 Å². The van der Waals surface area contributed by atoms with Crippen LogP contribution < -0.4 is 14.8 Å². The van der Waals surface area contributed by atoms with Gasteiger partial charge in [0.25, 0.3) is 5.91 Å². The SMILES string of the molecule is CCOc1ccc(NC(=O)c2ccccc2Cl)cc1OC. The molecule has 1 N–H and O–H groups in total. The molecule has 0 saturated heterocycles. The van der Waals surface area contributed by atoms with E-state index < -0.39 is 0 Å². The van der Waals surface area contributed by atoms with E-state index in [0.717, 1.165) is 0 Å². The van der Waals surface area contributed by atoms with E-state index in [2.05, 4.69) is 5.32 Å². The molecule has 1 amide bonds. The Morgan fingerprint density at radius 3 is 2.62 bits per heavy atom. The molecule has 0 unspecified atom stereocenters. The summed E-state index contributed by atoms with van der Waals surface area (Å²) >= 11 is 6.00. The topological polar surface area (TPSA) is 47.6 Å². The van der Waals surface area contributed by atoms with Crippen molar-refractivity contribution in [1.29, 1.82) is 0 Å². The van der Waals surface area contributed by atoms with Gasteiger partial charge in [-0.2, -0.15) is 0 Å². The number of methoxy groups -OCH3 is 1. The minimum Gasteiger partial charge on any atom is -0.493 e. The van der Waals surface area contributed by atoms with E-state index in [1.165, 1.54) is 0 Å². The zero-order valence-corrected chi connectivity index (χ0v) is 12.6. The smallest absolute Gasteiger partial charge is 0.257 e. The van der Waals surface area contributed by atoms with Gasteiger partial charge in [-0.25, -0.2) is 0 Å². The van der Waals surface area contributed by atoms with Crippen LogP contribution in [0.25, 0.3) is 0 Å². The molecule has 0 heterocycles. The summed E-state index contributed by atoms with van der Waals surface area (Å²) in [6, 6.07) is 12.1. The lowest BCUT2D eigenvalue weighted by molar-refractivity contribution is 0.102. The average molecular weight is 306 g/mol. The summed E-state index contributed by atoms with van der Waals surface area (Å²) in [6.45, 7) is 2.44. The predicted molar refractivity (Wildman–Crippen MR) is 83.6 cm³/mol. The van der Waals surface area contributed by atoms with Crippen LogP contribution in [0, 0.1) is 0 Å². The van der Waals surface area contributed by atoms with E-state index in [1.807, 2.05) is 6.92 Å². The largest absolute Gasteiger partial charge is 0.493 e. The van der Waals surface area contributed by atoms with E-state index in [1.54, 1.807) is 49.6 Å². The number of carbonyl (C=O) groups is 1. The van der Waals surface area contributed by atoms with Gasteiger partial charge in [-0.15, -0.1) is 0 Å². The minimum absolute atomic E-state index is 0.271. The number of carbonyl (C=O) groups excluding carboxylic acids is 1. The molecule has 2 rings (SSSR count). The van der Waals surface area contributed by atoms with Crippen LogP contribution in [0.3, 0.4) is 0 Å². The Hall–Kier alpha value is -2.20. The molecule has 2 aromatic carbocycles. The molecule has 21 heavy (non-hydrogen) atoms. The molecule has 0 spiro atoms. The fourth-order valence-corrected chi connectivity index (χ4v) is 2.09. The highest BCUT2D eigenvalue weighted by Gasteiger charge is 2.11. The molecule has 0 atom stereocenters. The van der Waals surface area contributed by atoms with Gasteiger partial charge in [-0.05, 0) is 31.2 Å². The number of hydrogen-bond acceptors (Lipinski definition) is 3. The monoisotopic (exact) mass is 305 g/mol. The zero-order chi connectivity index (χ0) is 15.2. The molecule has 0 saturated carbocycles. The maximum absolute atomic E-state index is 12.2. The molecular weight excluding hydrogens is 290 g/mol. The quantitative estimate of drug-likeness (QED) is 0.908. The molecule has 0 bridgehead atoms. The van der Waals surface area contributed by atoms with Crippen LogP contribution in [0.2, 0.25) is 5.02 Å². The first-order valence-electron chi connectivity index (χ1n) is 6.52. The number of amides is 1. The van der Waals surface area contributed by atoms with Crippen LogP contribution in [-0.2, 0) is 0 Å². The summed E-state index contributed by atoms with van der Waals surface area (Å²) < 4.78 is 10.7. The van der Waals surface area contributed by atoms with Crippen LogP contribution >= 0.6 is 11.6 Å². The Balaban J connectivity index is 2.20. The summed E-state index contributed by atoms with van der Waals surface area (Å²) in [5.41, 5.74) is 1.03. The molecule has 110 valence electrons. The second-order valence-corrected chi connectivity index (χ2v) is 4.64. The zero-order valence-electron chi connectivity index (χ0n) is 11.9. The molecule has 2 aromatic rings. The Kier molecular flexibility index (Phi) is 5.06. The van der Waals surface area contributed by atoms with Gasteiger partial charge in [-0.1, -0.05) is 23.7 Å². The lowest BCUT2D eigenvalue weighted by Gasteiger charge is -2.12. The fraction of sp³-hybridized carbons (Fsp3) is 0.188. The van der Waals surface area contributed by atoms with E-state index in [9.17, 15) is 4.79 Å². The Morgan fingerprint density at radius 1 is 1.19 bits per heavy atom. The summed E-state index contributed by atoms with van der Waals surface area (Å²) in [7, 11) is 1.55. The maximum Gasteiger partial charge on any atom is 0.257 e. The number of ether oxygens (including phenoxy) is 2. The minimum atomic E-state index is -0.271. The van der Waals surface area contributed by atoms with Crippen LogP contribution in [0.1, 0.15) is 17.3 Å². The maximum atomic E-state index is 12.2. The second-order valence-electron chi connectivity index (χ2n) is 4.23. The molecule has 0 aliphatic carbocycles. The predicted octanol–water partition coefficient (Wildman–Crippen LogP) is 4.00. The number of anilines is 1. The van der Waals surface area contributed by atoms with Crippen molar-refractivity contribution in [2.75, 3.05) is 19.0 Å². The van der Waals surface area contributed by atoms with Gasteiger partial charge in [-0.3, -0.25) is 4.79 Å². The van der Waals surface area contributed by atoms with Gasteiger partial charge in [0, 0.05) is 11.8 Å². The van der Waals surface area contributed by atoms with E-state index in [0.29, 0.717) is 34.4 Å². The number of hydrogen-bond donors (Lipinski definition) is 1. The van der Waals surface area contributed by atoms with Crippen molar-refractivity contribution >= 4 is 23.2 Å². The van der Waals surface area contributed by atoms with Crippen LogP contribution in [-0.4, -0.2) is 19.6 Å². The standard InChI is InChI=1S/C16H16ClNO3/c1-3-21-14-9-8-11(10-15(14)20-2)18-16(19)12-6-4-5-7-13(12)17/h4-10H,3H2,1-2H3,(H,18,19). The van der Waals surface area contributed by atoms with Crippen molar-refractivity contribution < 1.29 is 14.3 Å². The van der Waals surface area contributed by atoms with Crippen molar-refractivity contribution in [3.63, 3.8) is 0 Å². The lowest BCUT2D eigenvalue weighted by atomic mass is 10.2. The Labute approximate surface area is 128 Å². The van der Waals surface area contributed by atoms with Crippen molar-refractivity contribution in [3.05, 3.63) is 53.1 Å². The Bertz CT molecular complexity index is 643. The molecule has 5 heteroatoms. The van der Waals surface area contributed by atoms with E-state index >= 15 is 0 Å². The number of halogens is 1. The first-order chi connectivity index (χ1) is 10.2. The van der Waals surface area contributed by atoms with Gasteiger partial charge in [0.1, 0.15) is 0 Å². The van der Waals surface area contributed by atoms with Gasteiger partial charge < -0.3 is 14.8 Å². The highest BCUT2D eigenvalue weighted by Crippen LogP contribution is 2.30. The molecule has 0 radical (unpaired) electrons. The lowest BCUT2D eigenvalue weighted by Crippen LogP contribution is -2.12. The number of rotatable bonds is 5. The highest BCUT2D eigenvalue weighted by atomic mass is 35.5. The van der Waals surface area contributed by atoms with Gasteiger partial charge in [0.05, 0.1) is 24.3 Å². The second kappa shape index (κ2) is 6.99. The summed E-state index contributed by atoms with van der Waals surface area (Å²) in [5.74, 6) is 0.927. The fourth-order valence-electron chi connectivity index (χ4n) is 1.86. The van der Waals surface area contributed by atoms with Crippen LogP contribution in [0.5, 0.6) is 11.5 Å². The van der Waals surface area contributed by atoms with Crippen molar-refractivity contribution in [2.24, 2.45) is 0 Å². The molecule has 0 aliphatic heterocycles. The Morgan fingerprint density at radius 2 is 1.95 bits per heavy atom. The van der Waals surface area contributed by atoms with Crippen LogP contribution in [0.15, 0.2) is 42.5 Å². The van der Waals surface area contributed by atoms with Crippen molar-refractivity contribution in [3.8, 4) is 11.5 Å². The molecule has 0 aliphatic rings. The third-order valence-electron chi connectivity index (χ3n) is 2.84. The van der Waals surface area contributed by atoms with Gasteiger partial charge in [0.2, 0.25) is 0 Å². The van der Waals surface area contributed by atoms with E-state index in [4.69, 9.17) is 21.1 Å². The average Bonchev–Trinajstić information content (AvgIpc) is 2.49.